The maximum absolute atomic E-state index is 12.7. The second-order valence-electron chi connectivity index (χ2n) is 2.97. The van der Waals surface area contributed by atoms with Crippen molar-refractivity contribution in [3.05, 3.63) is 46.4 Å². The van der Waals surface area contributed by atoms with Gasteiger partial charge in [0.15, 0.2) is 0 Å². The summed E-state index contributed by atoms with van der Waals surface area (Å²) in [5.41, 5.74) is 7.73. The van der Waals surface area contributed by atoms with Gasteiger partial charge in [-0.15, -0.1) is 11.3 Å². The Morgan fingerprint density at radius 3 is 2.50 bits per heavy atom. The van der Waals surface area contributed by atoms with Crippen LogP contribution in [0.4, 0.5) is 4.39 Å². The number of hydrogen-bond donors (Lipinski definition) is 1. The Balaban J connectivity index is 2.44. The third kappa shape index (κ3) is 1.69. The van der Waals surface area contributed by atoms with Crippen molar-refractivity contribution in [1.29, 1.82) is 0 Å². The number of rotatable bonds is 2. The molecule has 2 rings (SSSR count). The summed E-state index contributed by atoms with van der Waals surface area (Å²) in [6.45, 7) is 0.532. The lowest BCUT2D eigenvalue weighted by molar-refractivity contribution is 0.628. The van der Waals surface area contributed by atoms with Gasteiger partial charge in [0.1, 0.15) is 5.82 Å². The first kappa shape index (κ1) is 9.37. The molecule has 14 heavy (non-hydrogen) atoms. The summed E-state index contributed by atoms with van der Waals surface area (Å²) in [7, 11) is 0. The van der Waals surface area contributed by atoms with Crippen LogP contribution in [0.1, 0.15) is 4.88 Å². The Morgan fingerprint density at radius 1 is 1.14 bits per heavy atom. The number of hydrogen-bond acceptors (Lipinski definition) is 2. The zero-order chi connectivity index (χ0) is 9.97. The lowest BCUT2D eigenvalue weighted by Crippen LogP contribution is -1.94. The Labute approximate surface area is 86.0 Å². The molecular formula is C11H10FNS. The standard InChI is InChI=1S/C11H10FNS/c12-9-3-1-8(2-4-9)10-5-6-14-11(10)7-13/h1-6H,7,13H2. The molecule has 0 unspecified atom stereocenters. The molecule has 1 aromatic heterocycles. The molecule has 0 fully saturated rings. The molecule has 1 aromatic carbocycles. The lowest BCUT2D eigenvalue weighted by atomic mass is 10.1. The highest BCUT2D eigenvalue weighted by molar-refractivity contribution is 7.10. The second kappa shape index (κ2) is 3.90. The van der Waals surface area contributed by atoms with Crippen molar-refractivity contribution in [1.82, 2.24) is 0 Å². The topological polar surface area (TPSA) is 26.0 Å². The average molecular weight is 207 g/mol. The van der Waals surface area contributed by atoms with Crippen molar-refractivity contribution in [2.75, 3.05) is 0 Å². The van der Waals surface area contributed by atoms with Crippen molar-refractivity contribution in [2.45, 2.75) is 6.54 Å². The fourth-order valence-electron chi connectivity index (χ4n) is 1.39. The van der Waals surface area contributed by atoms with Crippen LogP contribution >= 0.6 is 11.3 Å². The lowest BCUT2D eigenvalue weighted by Gasteiger charge is -2.01. The van der Waals surface area contributed by atoms with Gasteiger partial charge in [-0.25, -0.2) is 4.39 Å². The Hall–Kier alpha value is -1.19. The maximum atomic E-state index is 12.7. The van der Waals surface area contributed by atoms with Crippen LogP contribution in [0, 0.1) is 5.82 Å². The van der Waals surface area contributed by atoms with E-state index in [1.54, 1.807) is 23.5 Å². The van der Waals surface area contributed by atoms with E-state index in [0.29, 0.717) is 6.54 Å². The minimum atomic E-state index is -0.210. The normalized spacial score (nSPS) is 10.4. The Bertz CT molecular complexity index is 419. The number of thiophene rings is 1. The minimum absolute atomic E-state index is 0.210. The van der Waals surface area contributed by atoms with Crippen LogP contribution in [0.2, 0.25) is 0 Å². The SMILES string of the molecule is NCc1sccc1-c1ccc(F)cc1. The quantitative estimate of drug-likeness (QED) is 0.804. The summed E-state index contributed by atoms with van der Waals surface area (Å²) >= 11 is 1.63. The molecule has 0 saturated carbocycles. The van der Waals surface area contributed by atoms with Gasteiger partial charge in [0.25, 0.3) is 0 Å². The molecule has 1 nitrogen and oxygen atoms in total. The number of nitrogens with two attached hydrogens (primary N) is 1. The molecule has 0 saturated heterocycles. The van der Waals surface area contributed by atoms with Crippen LogP contribution in [-0.2, 0) is 6.54 Å². The zero-order valence-electron chi connectivity index (χ0n) is 7.53. The average Bonchev–Trinajstić information content (AvgIpc) is 2.67. The molecule has 2 N–H and O–H groups in total. The van der Waals surface area contributed by atoms with E-state index in [1.165, 1.54) is 12.1 Å². The van der Waals surface area contributed by atoms with Gasteiger partial charge in [-0.1, -0.05) is 12.1 Å². The van der Waals surface area contributed by atoms with E-state index < -0.39 is 0 Å². The van der Waals surface area contributed by atoms with Crippen LogP contribution in [0.15, 0.2) is 35.7 Å². The summed E-state index contributed by atoms with van der Waals surface area (Å²) in [6.07, 6.45) is 0. The van der Waals surface area contributed by atoms with E-state index in [1.807, 2.05) is 11.4 Å². The molecule has 0 spiro atoms. The molecule has 0 radical (unpaired) electrons. The fraction of sp³-hybridized carbons (Fsp3) is 0.0909. The number of benzene rings is 1. The molecule has 0 bridgehead atoms. The molecule has 0 atom stereocenters. The molecule has 0 aliphatic carbocycles. The van der Waals surface area contributed by atoms with E-state index in [-0.39, 0.29) is 5.82 Å². The number of halogens is 1. The van der Waals surface area contributed by atoms with Gasteiger partial charge < -0.3 is 5.73 Å². The summed E-state index contributed by atoms with van der Waals surface area (Å²) in [5, 5.41) is 2.00. The van der Waals surface area contributed by atoms with E-state index in [2.05, 4.69) is 0 Å². The third-order valence-electron chi connectivity index (χ3n) is 2.09. The molecule has 1 heterocycles. The fourth-order valence-corrected chi connectivity index (χ4v) is 2.16. The zero-order valence-corrected chi connectivity index (χ0v) is 8.35. The first-order valence-corrected chi connectivity index (χ1v) is 5.21. The molecule has 72 valence electrons. The predicted molar refractivity (Wildman–Crippen MR) is 57.6 cm³/mol. The summed E-state index contributed by atoms with van der Waals surface area (Å²) in [6, 6.07) is 8.49. The van der Waals surface area contributed by atoms with Crippen molar-refractivity contribution in [3.63, 3.8) is 0 Å². The highest BCUT2D eigenvalue weighted by atomic mass is 32.1. The van der Waals surface area contributed by atoms with Crippen LogP contribution in [0.5, 0.6) is 0 Å². The smallest absolute Gasteiger partial charge is 0.123 e. The highest BCUT2D eigenvalue weighted by Gasteiger charge is 2.04. The summed E-state index contributed by atoms with van der Waals surface area (Å²) < 4.78 is 12.7. The molecular weight excluding hydrogens is 197 g/mol. The minimum Gasteiger partial charge on any atom is -0.326 e. The van der Waals surface area contributed by atoms with Gasteiger partial charge in [0, 0.05) is 11.4 Å². The van der Waals surface area contributed by atoms with Crippen LogP contribution < -0.4 is 5.73 Å². The molecule has 2 aromatic rings. The van der Waals surface area contributed by atoms with Gasteiger partial charge in [-0.3, -0.25) is 0 Å². The van der Waals surface area contributed by atoms with Crippen LogP contribution in [-0.4, -0.2) is 0 Å². The van der Waals surface area contributed by atoms with Gasteiger partial charge in [0.05, 0.1) is 0 Å². The largest absolute Gasteiger partial charge is 0.326 e. The van der Waals surface area contributed by atoms with Gasteiger partial charge in [-0.2, -0.15) is 0 Å². The monoisotopic (exact) mass is 207 g/mol. The van der Waals surface area contributed by atoms with E-state index in [0.717, 1.165) is 16.0 Å². The molecule has 0 amide bonds. The van der Waals surface area contributed by atoms with Gasteiger partial charge in [0.2, 0.25) is 0 Å². The van der Waals surface area contributed by atoms with E-state index in [4.69, 9.17) is 5.73 Å². The van der Waals surface area contributed by atoms with Crippen molar-refractivity contribution in [3.8, 4) is 11.1 Å². The maximum Gasteiger partial charge on any atom is 0.123 e. The molecule has 0 aliphatic heterocycles. The van der Waals surface area contributed by atoms with E-state index >= 15 is 0 Å². The summed E-state index contributed by atoms with van der Waals surface area (Å²) in [4.78, 5) is 1.14. The Kier molecular flexibility index (Phi) is 2.61. The van der Waals surface area contributed by atoms with E-state index in [9.17, 15) is 4.39 Å². The third-order valence-corrected chi connectivity index (χ3v) is 3.03. The predicted octanol–water partition coefficient (Wildman–Crippen LogP) is 3.01. The van der Waals surface area contributed by atoms with Crippen molar-refractivity contribution >= 4 is 11.3 Å². The van der Waals surface area contributed by atoms with Crippen molar-refractivity contribution < 1.29 is 4.39 Å². The first-order valence-electron chi connectivity index (χ1n) is 4.33. The summed E-state index contributed by atoms with van der Waals surface area (Å²) in [5.74, 6) is -0.210. The molecule has 3 heteroatoms. The van der Waals surface area contributed by atoms with Crippen LogP contribution in [0.25, 0.3) is 11.1 Å². The highest BCUT2D eigenvalue weighted by Crippen LogP contribution is 2.27. The molecule has 0 aliphatic rings. The van der Waals surface area contributed by atoms with Crippen molar-refractivity contribution in [2.24, 2.45) is 5.73 Å². The first-order chi connectivity index (χ1) is 6.81. The van der Waals surface area contributed by atoms with Gasteiger partial charge in [-0.05, 0) is 34.7 Å². The Morgan fingerprint density at radius 2 is 1.86 bits per heavy atom. The van der Waals surface area contributed by atoms with Gasteiger partial charge >= 0.3 is 0 Å². The van der Waals surface area contributed by atoms with Crippen LogP contribution in [0.3, 0.4) is 0 Å². The second-order valence-corrected chi connectivity index (χ2v) is 3.97.